The summed E-state index contributed by atoms with van der Waals surface area (Å²) < 4.78 is 7.40. The summed E-state index contributed by atoms with van der Waals surface area (Å²) >= 11 is 12.2. The third-order valence-electron chi connectivity index (χ3n) is 4.03. The molecule has 1 saturated carbocycles. The lowest BCUT2D eigenvalue weighted by molar-refractivity contribution is -0.384. The molecule has 0 amide bonds. The van der Waals surface area contributed by atoms with Gasteiger partial charge in [-0.15, -0.1) is 0 Å². The van der Waals surface area contributed by atoms with Crippen LogP contribution in [0, 0.1) is 10.1 Å². The zero-order chi connectivity index (χ0) is 18.3. The molecule has 0 unspecified atom stereocenters. The molecule has 2 aromatic rings. The van der Waals surface area contributed by atoms with Crippen molar-refractivity contribution in [2.75, 3.05) is 0 Å². The third-order valence-corrected chi connectivity index (χ3v) is 4.59. The van der Waals surface area contributed by atoms with E-state index >= 15 is 0 Å². The van der Waals surface area contributed by atoms with E-state index in [1.54, 1.807) is 16.8 Å². The third kappa shape index (κ3) is 3.65. The van der Waals surface area contributed by atoms with E-state index in [1.165, 1.54) is 12.1 Å². The Kier molecular flexibility index (Phi) is 4.75. The van der Waals surface area contributed by atoms with Crippen molar-refractivity contribution in [1.29, 1.82) is 0 Å². The van der Waals surface area contributed by atoms with Gasteiger partial charge in [-0.3, -0.25) is 14.9 Å². The van der Waals surface area contributed by atoms with Crippen molar-refractivity contribution in [3.8, 4) is 11.5 Å². The van der Waals surface area contributed by atoms with Crippen molar-refractivity contribution in [1.82, 2.24) is 4.57 Å². The molecule has 0 aliphatic heterocycles. The molecule has 1 aliphatic carbocycles. The predicted molar refractivity (Wildman–Crippen MR) is 96.3 cm³/mol. The minimum atomic E-state index is -0.578. The van der Waals surface area contributed by atoms with Crippen LogP contribution in [0.2, 0.25) is 10.0 Å². The van der Waals surface area contributed by atoms with Crippen LogP contribution in [0.4, 0.5) is 5.69 Å². The smallest absolute Gasteiger partial charge is 0.272 e. The van der Waals surface area contributed by atoms with Gasteiger partial charge in [-0.05, 0) is 38.7 Å². The molecule has 8 heteroatoms. The second-order valence-electron chi connectivity index (χ2n) is 6.31. The molecule has 1 aromatic heterocycles. The van der Waals surface area contributed by atoms with Crippen molar-refractivity contribution < 1.29 is 9.66 Å². The van der Waals surface area contributed by atoms with Crippen LogP contribution in [0.5, 0.6) is 11.5 Å². The minimum absolute atomic E-state index is 0.0225. The summed E-state index contributed by atoms with van der Waals surface area (Å²) in [5.74, 6) is 0.807. The summed E-state index contributed by atoms with van der Waals surface area (Å²) in [6.07, 6.45) is 3.57. The van der Waals surface area contributed by atoms with E-state index in [1.807, 2.05) is 13.8 Å². The first-order chi connectivity index (χ1) is 11.8. The highest BCUT2D eigenvalue weighted by atomic mass is 35.5. The maximum atomic E-state index is 12.5. The number of non-ortho nitro benzene ring substituents is 1. The molecule has 0 atom stereocenters. The van der Waals surface area contributed by atoms with Crippen LogP contribution in [0.3, 0.4) is 0 Å². The van der Waals surface area contributed by atoms with Crippen molar-refractivity contribution in [2.24, 2.45) is 0 Å². The van der Waals surface area contributed by atoms with E-state index in [0.29, 0.717) is 11.3 Å². The molecule has 3 rings (SSSR count). The molecule has 0 spiro atoms. The largest absolute Gasteiger partial charge is 0.453 e. The van der Waals surface area contributed by atoms with Crippen molar-refractivity contribution >= 4 is 28.9 Å². The Morgan fingerprint density at radius 1 is 1.24 bits per heavy atom. The molecular formula is C17H16Cl2N2O4. The van der Waals surface area contributed by atoms with E-state index in [2.05, 4.69) is 0 Å². The summed E-state index contributed by atoms with van der Waals surface area (Å²) in [6.45, 7) is 3.82. The van der Waals surface area contributed by atoms with Crippen LogP contribution in [-0.4, -0.2) is 9.49 Å². The summed E-state index contributed by atoms with van der Waals surface area (Å²) in [5, 5.41) is 10.9. The van der Waals surface area contributed by atoms with E-state index in [0.717, 1.165) is 12.8 Å². The monoisotopic (exact) mass is 382 g/mol. The average Bonchev–Trinajstić information content (AvgIpc) is 3.36. The molecule has 1 fully saturated rings. The van der Waals surface area contributed by atoms with Crippen LogP contribution < -0.4 is 10.3 Å². The fourth-order valence-corrected chi connectivity index (χ4v) is 3.14. The molecular weight excluding hydrogens is 367 g/mol. The van der Waals surface area contributed by atoms with Gasteiger partial charge in [0, 0.05) is 23.7 Å². The Morgan fingerprint density at radius 2 is 1.84 bits per heavy atom. The summed E-state index contributed by atoms with van der Waals surface area (Å²) in [6, 6.07) is 4.04. The summed E-state index contributed by atoms with van der Waals surface area (Å²) in [5.41, 5.74) is 0.472. The first kappa shape index (κ1) is 17.8. The SMILES string of the molecule is CC(C)n1cc(Oc2c(Cl)cc([N+](=O)[O-])cc2Cl)cc(C2CC2)c1=O. The van der Waals surface area contributed by atoms with E-state index in [4.69, 9.17) is 27.9 Å². The highest BCUT2D eigenvalue weighted by Crippen LogP contribution is 2.42. The van der Waals surface area contributed by atoms with E-state index in [9.17, 15) is 14.9 Å². The zero-order valence-electron chi connectivity index (χ0n) is 13.7. The molecule has 0 N–H and O–H groups in total. The second kappa shape index (κ2) is 6.69. The number of nitro groups is 1. The number of pyridine rings is 1. The fourth-order valence-electron chi connectivity index (χ4n) is 2.59. The standard InChI is InChI=1S/C17H16Cl2N2O4/c1-9(2)20-8-12(7-13(17(20)22)10-3-4-10)25-16-14(18)5-11(21(23)24)6-15(16)19/h5-10H,3-4H2,1-2H3. The van der Waals surface area contributed by atoms with Crippen LogP contribution in [0.25, 0.3) is 0 Å². The van der Waals surface area contributed by atoms with Gasteiger partial charge >= 0.3 is 0 Å². The Balaban J connectivity index is 2.04. The number of hydrogen-bond acceptors (Lipinski definition) is 4. The summed E-state index contributed by atoms with van der Waals surface area (Å²) in [7, 11) is 0. The quantitative estimate of drug-likeness (QED) is 0.518. The molecule has 0 saturated heterocycles. The van der Waals surface area contributed by atoms with Crippen molar-refractivity contribution in [2.45, 2.75) is 38.6 Å². The maximum Gasteiger partial charge on any atom is 0.272 e. The van der Waals surface area contributed by atoms with Crippen LogP contribution >= 0.6 is 23.2 Å². The van der Waals surface area contributed by atoms with Gasteiger partial charge in [-0.25, -0.2) is 0 Å². The number of rotatable bonds is 5. The number of nitro benzene ring substituents is 1. The number of aromatic nitrogens is 1. The Bertz CT molecular complexity index is 855. The van der Waals surface area contributed by atoms with Gasteiger partial charge in [0.2, 0.25) is 0 Å². The highest BCUT2D eigenvalue weighted by molar-refractivity contribution is 6.37. The molecule has 6 nitrogen and oxygen atoms in total. The summed E-state index contributed by atoms with van der Waals surface area (Å²) in [4.78, 5) is 22.8. The van der Waals surface area contributed by atoms with E-state index in [-0.39, 0.29) is 39.0 Å². The topological polar surface area (TPSA) is 74.4 Å². The molecule has 132 valence electrons. The Labute approximate surface area is 154 Å². The Hall–Kier alpha value is -2.05. The molecule has 1 aromatic carbocycles. The van der Waals surface area contributed by atoms with Crippen molar-refractivity contribution in [3.05, 3.63) is 60.5 Å². The molecule has 1 aliphatic rings. The average molecular weight is 383 g/mol. The number of halogens is 2. The van der Waals surface area contributed by atoms with Gasteiger partial charge < -0.3 is 9.30 Å². The van der Waals surface area contributed by atoms with Crippen LogP contribution in [0.15, 0.2) is 29.2 Å². The lowest BCUT2D eigenvalue weighted by atomic mass is 10.1. The number of benzene rings is 1. The lowest BCUT2D eigenvalue weighted by Gasteiger charge is -2.16. The van der Waals surface area contributed by atoms with Crippen molar-refractivity contribution in [3.63, 3.8) is 0 Å². The van der Waals surface area contributed by atoms with E-state index < -0.39 is 4.92 Å². The fraction of sp³-hybridized carbons (Fsp3) is 0.353. The Morgan fingerprint density at radius 3 is 2.32 bits per heavy atom. The maximum absolute atomic E-state index is 12.5. The number of ether oxygens (including phenoxy) is 1. The molecule has 1 heterocycles. The van der Waals surface area contributed by atoms with Gasteiger partial charge in [-0.2, -0.15) is 0 Å². The normalized spacial score (nSPS) is 14.0. The number of nitrogens with zero attached hydrogens (tertiary/aromatic N) is 2. The van der Waals surface area contributed by atoms with Gasteiger partial charge in [0.25, 0.3) is 11.2 Å². The van der Waals surface area contributed by atoms with Gasteiger partial charge in [-0.1, -0.05) is 23.2 Å². The van der Waals surface area contributed by atoms with Gasteiger partial charge in [0.15, 0.2) is 5.75 Å². The molecule has 0 radical (unpaired) electrons. The lowest BCUT2D eigenvalue weighted by Crippen LogP contribution is -2.24. The first-order valence-electron chi connectivity index (χ1n) is 7.85. The molecule has 0 bridgehead atoms. The molecule has 25 heavy (non-hydrogen) atoms. The second-order valence-corrected chi connectivity index (χ2v) is 7.12. The minimum Gasteiger partial charge on any atom is -0.453 e. The van der Waals surface area contributed by atoms with Crippen LogP contribution in [-0.2, 0) is 0 Å². The highest BCUT2D eigenvalue weighted by Gasteiger charge is 2.28. The first-order valence-corrected chi connectivity index (χ1v) is 8.61. The van der Waals surface area contributed by atoms with Gasteiger partial charge in [0.05, 0.1) is 21.2 Å². The zero-order valence-corrected chi connectivity index (χ0v) is 15.2. The van der Waals surface area contributed by atoms with Crippen LogP contribution in [0.1, 0.15) is 44.2 Å². The number of hydrogen-bond donors (Lipinski definition) is 0. The van der Waals surface area contributed by atoms with Gasteiger partial charge in [0.1, 0.15) is 5.75 Å². The predicted octanol–water partition coefficient (Wildman–Crippen LogP) is 5.31.